The van der Waals surface area contributed by atoms with Crippen LogP contribution < -0.4 is 5.32 Å². The zero-order chi connectivity index (χ0) is 15.1. The maximum absolute atomic E-state index is 13.8. The molecule has 2 rings (SSSR count). The maximum atomic E-state index is 13.8. The van der Waals surface area contributed by atoms with E-state index in [1.807, 2.05) is 19.2 Å². The summed E-state index contributed by atoms with van der Waals surface area (Å²) in [6.07, 6.45) is 3.56. The Labute approximate surface area is 127 Å². The molecule has 118 valence electrons. The molecule has 4 heteroatoms. The molecule has 0 spiro atoms. The molecular weight excluding hydrogens is 267 g/mol. The summed E-state index contributed by atoms with van der Waals surface area (Å²) in [7, 11) is 3.98. The van der Waals surface area contributed by atoms with Crippen molar-refractivity contribution in [3.63, 3.8) is 0 Å². The first-order valence-electron chi connectivity index (χ1n) is 7.88. The van der Waals surface area contributed by atoms with Crippen molar-refractivity contribution in [3.8, 4) is 0 Å². The van der Waals surface area contributed by atoms with Crippen molar-refractivity contribution in [2.75, 3.05) is 40.4 Å². The molecule has 0 bridgehead atoms. The Kier molecular flexibility index (Phi) is 6.61. The van der Waals surface area contributed by atoms with Gasteiger partial charge in [-0.25, -0.2) is 4.39 Å². The molecule has 3 nitrogen and oxygen atoms in total. The van der Waals surface area contributed by atoms with Gasteiger partial charge in [-0.2, -0.15) is 0 Å². The van der Waals surface area contributed by atoms with E-state index in [0.29, 0.717) is 0 Å². The van der Waals surface area contributed by atoms with Crippen molar-refractivity contribution in [1.29, 1.82) is 0 Å². The Morgan fingerprint density at radius 2 is 2.10 bits per heavy atom. The zero-order valence-electron chi connectivity index (χ0n) is 13.1. The molecule has 1 aromatic carbocycles. The van der Waals surface area contributed by atoms with Gasteiger partial charge in [-0.1, -0.05) is 18.2 Å². The van der Waals surface area contributed by atoms with Crippen LogP contribution in [0.1, 0.15) is 30.9 Å². The van der Waals surface area contributed by atoms with E-state index in [4.69, 9.17) is 4.74 Å². The second-order valence-electron chi connectivity index (χ2n) is 5.97. The molecule has 1 N–H and O–H groups in total. The van der Waals surface area contributed by atoms with Crippen LogP contribution in [0.25, 0.3) is 0 Å². The first kappa shape index (κ1) is 16.4. The molecule has 0 heterocycles. The minimum absolute atomic E-state index is 0.0565. The van der Waals surface area contributed by atoms with Crippen molar-refractivity contribution in [3.05, 3.63) is 35.6 Å². The quantitative estimate of drug-likeness (QED) is 0.672. The lowest BCUT2D eigenvalue weighted by molar-refractivity contribution is 0.102. The van der Waals surface area contributed by atoms with E-state index in [1.54, 1.807) is 6.07 Å². The number of ether oxygens (including phenoxy) is 1. The highest BCUT2D eigenvalue weighted by molar-refractivity contribution is 5.21. The van der Waals surface area contributed by atoms with Gasteiger partial charge in [0.2, 0.25) is 0 Å². The smallest absolute Gasteiger partial charge is 0.127 e. The van der Waals surface area contributed by atoms with Crippen LogP contribution in [0.5, 0.6) is 0 Å². The molecule has 21 heavy (non-hydrogen) atoms. The van der Waals surface area contributed by atoms with Gasteiger partial charge in [0.1, 0.15) is 5.82 Å². The molecule has 0 amide bonds. The SMILES string of the molecule is CNC(CCN(C)CCOCC1CC1)c1ccccc1F. The fourth-order valence-corrected chi connectivity index (χ4v) is 2.43. The van der Waals surface area contributed by atoms with Gasteiger partial charge in [0.25, 0.3) is 0 Å². The Balaban J connectivity index is 1.68. The summed E-state index contributed by atoms with van der Waals surface area (Å²) in [4.78, 5) is 2.25. The average Bonchev–Trinajstić information content (AvgIpc) is 3.30. The van der Waals surface area contributed by atoms with E-state index < -0.39 is 0 Å². The van der Waals surface area contributed by atoms with E-state index in [0.717, 1.165) is 44.2 Å². The Bertz CT molecular complexity index is 423. The normalized spacial score (nSPS) is 16.4. The van der Waals surface area contributed by atoms with Gasteiger partial charge >= 0.3 is 0 Å². The van der Waals surface area contributed by atoms with Gasteiger partial charge in [-0.15, -0.1) is 0 Å². The van der Waals surface area contributed by atoms with Crippen LogP contribution in [0.4, 0.5) is 4.39 Å². The van der Waals surface area contributed by atoms with Crippen LogP contribution in [0.2, 0.25) is 0 Å². The van der Waals surface area contributed by atoms with Crippen molar-refractivity contribution in [2.45, 2.75) is 25.3 Å². The van der Waals surface area contributed by atoms with Crippen LogP contribution in [-0.4, -0.2) is 45.3 Å². The number of rotatable bonds is 10. The van der Waals surface area contributed by atoms with Gasteiger partial charge in [-0.3, -0.25) is 0 Å². The molecule has 1 aliphatic carbocycles. The lowest BCUT2D eigenvalue weighted by Gasteiger charge is -2.22. The third kappa shape index (κ3) is 5.73. The van der Waals surface area contributed by atoms with Crippen LogP contribution in [0.3, 0.4) is 0 Å². The largest absolute Gasteiger partial charge is 0.380 e. The molecule has 1 aliphatic rings. The summed E-state index contributed by atoms with van der Waals surface area (Å²) in [5, 5.41) is 3.21. The minimum atomic E-state index is -0.132. The highest BCUT2D eigenvalue weighted by atomic mass is 19.1. The average molecular weight is 294 g/mol. The highest BCUT2D eigenvalue weighted by Crippen LogP contribution is 2.28. The number of nitrogens with one attached hydrogen (secondary N) is 1. The second-order valence-corrected chi connectivity index (χ2v) is 5.97. The number of nitrogens with zero attached hydrogens (tertiary/aromatic N) is 1. The summed E-state index contributed by atoms with van der Waals surface area (Å²) in [6, 6.07) is 7.05. The summed E-state index contributed by atoms with van der Waals surface area (Å²) in [5.74, 6) is 0.692. The van der Waals surface area contributed by atoms with Gasteiger partial charge in [0.15, 0.2) is 0 Å². The van der Waals surface area contributed by atoms with Gasteiger partial charge in [-0.05, 0) is 51.9 Å². The lowest BCUT2D eigenvalue weighted by atomic mass is 10.0. The van der Waals surface area contributed by atoms with Crippen molar-refractivity contribution < 1.29 is 9.13 Å². The minimum Gasteiger partial charge on any atom is -0.380 e. The topological polar surface area (TPSA) is 24.5 Å². The molecular formula is C17H27FN2O. The van der Waals surface area contributed by atoms with Gasteiger partial charge in [0, 0.05) is 24.8 Å². The number of hydrogen-bond acceptors (Lipinski definition) is 3. The molecule has 0 aliphatic heterocycles. The third-order valence-corrected chi connectivity index (χ3v) is 4.10. The first-order valence-corrected chi connectivity index (χ1v) is 7.88. The standard InChI is InChI=1S/C17H27FN2O/c1-19-17(15-5-3-4-6-16(15)18)9-10-20(2)11-12-21-13-14-7-8-14/h3-6,14,17,19H,7-13H2,1-2H3. The first-order chi connectivity index (χ1) is 10.2. The molecule has 0 saturated heterocycles. The Morgan fingerprint density at radius 3 is 2.76 bits per heavy atom. The predicted molar refractivity (Wildman–Crippen MR) is 83.9 cm³/mol. The Morgan fingerprint density at radius 1 is 1.33 bits per heavy atom. The van der Waals surface area contributed by atoms with E-state index in [-0.39, 0.29) is 11.9 Å². The van der Waals surface area contributed by atoms with Gasteiger partial charge in [0.05, 0.1) is 6.61 Å². The third-order valence-electron chi connectivity index (χ3n) is 4.10. The number of hydrogen-bond donors (Lipinski definition) is 1. The predicted octanol–water partition coefficient (Wildman–Crippen LogP) is 2.83. The van der Waals surface area contributed by atoms with Crippen LogP contribution in [0.15, 0.2) is 24.3 Å². The highest BCUT2D eigenvalue weighted by Gasteiger charge is 2.21. The fourth-order valence-electron chi connectivity index (χ4n) is 2.43. The molecule has 1 fully saturated rings. The maximum Gasteiger partial charge on any atom is 0.127 e. The van der Waals surface area contributed by atoms with Crippen LogP contribution in [-0.2, 0) is 4.74 Å². The number of halogens is 1. The molecule has 0 aromatic heterocycles. The molecule has 1 aromatic rings. The van der Waals surface area contributed by atoms with Crippen LogP contribution in [0, 0.1) is 11.7 Å². The molecule has 1 atom stereocenters. The fraction of sp³-hybridized carbons (Fsp3) is 0.647. The van der Waals surface area contributed by atoms with E-state index >= 15 is 0 Å². The monoisotopic (exact) mass is 294 g/mol. The summed E-state index contributed by atoms with van der Waals surface area (Å²) in [6.45, 7) is 3.56. The molecule has 1 saturated carbocycles. The van der Waals surface area contributed by atoms with E-state index in [1.165, 1.54) is 18.9 Å². The molecule has 0 radical (unpaired) electrons. The zero-order valence-corrected chi connectivity index (χ0v) is 13.1. The lowest BCUT2D eigenvalue weighted by Crippen LogP contribution is -2.28. The van der Waals surface area contributed by atoms with E-state index in [9.17, 15) is 4.39 Å². The Hall–Kier alpha value is -0.970. The summed E-state index contributed by atoms with van der Waals surface area (Å²) < 4.78 is 19.5. The van der Waals surface area contributed by atoms with Crippen molar-refractivity contribution in [2.24, 2.45) is 5.92 Å². The summed E-state index contributed by atoms with van der Waals surface area (Å²) >= 11 is 0. The van der Waals surface area contributed by atoms with Crippen LogP contribution >= 0.6 is 0 Å². The summed E-state index contributed by atoms with van der Waals surface area (Å²) in [5.41, 5.74) is 0.749. The number of likely N-dealkylation sites (N-methyl/N-ethyl adjacent to an activating group) is 1. The van der Waals surface area contributed by atoms with E-state index in [2.05, 4.69) is 17.3 Å². The van der Waals surface area contributed by atoms with Gasteiger partial charge < -0.3 is 15.0 Å². The van der Waals surface area contributed by atoms with Crippen molar-refractivity contribution >= 4 is 0 Å². The van der Waals surface area contributed by atoms with Crippen molar-refractivity contribution in [1.82, 2.24) is 10.2 Å². The number of benzene rings is 1. The second kappa shape index (κ2) is 8.47. The molecule has 1 unspecified atom stereocenters.